The summed E-state index contributed by atoms with van der Waals surface area (Å²) in [6, 6.07) is 17.3. The fourth-order valence-electron chi connectivity index (χ4n) is 4.50. The van der Waals surface area contributed by atoms with Crippen LogP contribution in [-0.2, 0) is 6.54 Å². The van der Waals surface area contributed by atoms with E-state index in [0.717, 1.165) is 41.8 Å². The van der Waals surface area contributed by atoms with E-state index in [1.54, 1.807) is 16.5 Å². The number of aryl methyl sites for hydroxylation is 1. The molecule has 0 amide bonds. The van der Waals surface area contributed by atoms with Crippen LogP contribution in [0.15, 0.2) is 59.4 Å². The molecule has 4 aromatic rings. The van der Waals surface area contributed by atoms with Gasteiger partial charge in [0.05, 0.1) is 32.0 Å². The topological polar surface area (TPSA) is 85.2 Å². The average molecular weight is 470 g/mol. The summed E-state index contributed by atoms with van der Waals surface area (Å²) in [5.74, 6) is 0.908. The maximum atomic E-state index is 13.5. The molecule has 35 heavy (non-hydrogen) atoms. The summed E-state index contributed by atoms with van der Waals surface area (Å²) in [4.78, 5) is 17.0. The highest BCUT2D eigenvalue weighted by Crippen LogP contribution is 2.37. The Kier molecular flexibility index (Phi) is 6.36. The second kappa shape index (κ2) is 9.74. The number of nitrogens with zero attached hydrogens (tertiary/aromatic N) is 4. The van der Waals surface area contributed by atoms with Crippen LogP contribution >= 0.6 is 0 Å². The van der Waals surface area contributed by atoms with Crippen molar-refractivity contribution in [2.45, 2.75) is 19.9 Å². The molecule has 8 heteroatoms. The van der Waals surface area contributed by atoms with Crippen LogP contribution < -0.4 is 15.7 Å². The van der Waals surface area contributed by atoms with E-state index in [-0.39, 0.29) is 18.8 Å². The number of hydrogen-bond acceptors (Lipinski definition) is 5. The lowest BCUT2D eigenvalue weighted by molar-refractivity contribution is 0.260. The van der Waals surface area contributed by atoms with E-state index in [2.05, 4.69) is 15.3 Å². The van der Waals surface area contributed by atoms with E-state index in [9.17, 15) is 9.90 Å². The molecule has 0 unspecified atom stereocenters. The van der Waals surface area contributed by atoms with E-state index < -0.39 is 0 Å². The van der Waals surface area contributed by atoms with Gasteiger partial charge in [-0.05, 0) is 37.1 Å². The molecule has 0 spiro atoms. The van der Waals surface area contributed by atoms with Crippen molar-refractivity contribution < 1.29 is 9.84 Å². The van der Waals surface area contributed by atoms with Crippen molar-refractivity contribution in [2.24, 2.45) is 5.92 Å². The van der Waals surface area contributed by atoms with Crippen molar-refractivity contribution in [1.82, 2.24) is 19.5 Å². The third-order valence-corrected chi connectivity index (χ3v) is 6.40. The molecule has 0 saturated carbocycles. The Morgan fingerprint density at radius 3 is 2.57 bits per heavy atom. The van der Waals surface area contributed by atoms with Gasteiger partial charge >= 0.3 is 5.69 Å². The molecule has 2 aromatic carbocycles. The van der Waals surface area contributed by atoms with Crippen LogP contribution in [0.5, 0.6) is 5.75 Å². The number of aliphatic hydroxyl groups is 1. The first-order chi connectivity index (χ1) is 17.1. The minimum Gasteiger partial charge on any atom is -0.489 e. The predicted octanol–water partition coefficient (Wildman–Crippen LogP) is 3.67. The average Bonchev–Trinajstić information content (AvgIpc) is 3.52. The second-order valence-corrected chi connectivity index (χ2v) is 8.85. The molecule has 0 aliphatic carbocycles. The predicted molar refractivity (Wildman–Crippen MR) is 135 cm³/mol. The highest BCUT2D eigenvalue weighted by atomic mass is 16.5. The van der Waals surface area contributed by atoms with Crippen LogP contribution in [-0.4, -0.2) is 45.6 Å². The maximum Gasteiger partial charge on any atom is 0.351 e. The minimum absolute atomic E-state index is 0.0921. The molecule has 1 atom stereocenters. The first-order valence-electron chi connectivity index (χ1n) is 11.7. The molecular formula is C27H27N5O3. The van der Waals surface area contributed by atoms with Gasteiger partial charge in [0.25, 0.3) is 0 Å². The van der Waals surface area contributed by atoms with Crippen LogP contribution in [0.3, 0.4) is 0 Å². The molecule has 5 rings (SSSR count). The molecule has 2 aromatic heterocycles. The van der Waals surface area contributed by atoms with Crippen molar-refractivity contribution in [3.8, 4) is 28.1 Å². The van der Waals surface area contributed by atoms with Crippen LogP contribution in [0.25, 0.3) is 32.9 Å². The van der Waals surface area contributed by atoms with E-state index in [1.807, 2.05) is 49.4 Å². The monoisotopic (exact) mass is 469 g/mol. The number of aromatic nitrogens is 3. The van der Waals surface area contributed by atoms with E-state index in [4.69, 9.17) is 11.3 Å². The lowest BCUT2D eigenvalue weighted by Crippen LogP contribution is -2.23. The van der Waals surface area contributed by atoms with Gasteiger partial charge in [0.2, 0.25) is 5.65 Å². The SMILES string of the molecule is [C-]#[N+]c1ccc(-c2cc(OC[C@@H]3CCNC3)c3nn(CCO)c(=O)n3c2-c2ccc(C)cc2)cc1. The summed E-state index contributed by atoms with van der Waals surface area (Å²) in [6.45, 7) is 11.6. The summed E-state index contributed by atoms with van der Waals surface area (Å²) in [5, 5.41) is 17.4. The van der Waals surface area contributed by atoms with Gasteiger partial charge in [-0.15, -0.1) is 5.10 Å². The van der Waals surface area contributed by atoms with Crippen molar-refractivity contribution in [3.63, 3.8) is 0 Å². The van der Waals surface area contributed by atoms with Crippen molar-refractivity contribution in [3.05, 3.63) is 82.1 Å². The molecule has 178 valence electrons. The maximum absolute atomic E-state index is 13.5. The van der Waals surface area contributed by atoms with Gasteiger partial charge in [-0.2, -0.15) is 0 Å². The number of aliphatic hydroxyl groups excluding tert-OH is 1. The van der Waals surface area contributed by atoms with Crippen LogP contribution in [0.4, 0.5) is 5.69 Å². The Hall–Kier alpha value is -3.93. The number of ether oxygens (including phenoxy) is 1. The molecule has 8 nitrogen and oxygen atoms in total. The number of fused-ring (bicyclic) bond motifs is 1. The van der Waals surface area contributed by atoms with Crippen LogP contribution in [0, 0.1) is 19.4 Å². The van der Waals surface area contributed by atoms with Crippen LogP contribution in [0.2, 0.25) is 0 Å². The standard InChI is InChI=1S/C27H27N5O3/c1-18-3-5-21(6-4-18)25-23(20-7-9-22(28-2)10-8-20)15-24(35-17-19-11-12-29-16-19)26-30-31(13-14-33)27(34)32(25)26/h3-10,15,19,29,33H,11-14,16-17H2,1H3/t19-/m1/s1. The van der Waals surface area contributed by atoms with Crippen molar-refractivity contribution in [1.29, 1.82) is 0 Å². The summed E-state index contributed by atoms with van der Waals surface area (Å²) < 4.78 is 9.14. The fourth-order valence-corrected chi connectivity index (χ4v) is 4.50. The molecule has 3 heterocycles. The molecular weight excluding hydrogens is 442 g/mol. The molecule has 0 radical (unpaired) electrons. The van der Waals surface area contributed by atoms with Crippen LogP contribution in [0.1, 0.15) is 12.0 Å². The Balaban J connectivity index is 1.77. The van der Waals surface area contributed by atoms with Gasteiger partial charge in [-0.3, -0.25) is 0 Å². The smallest absolute Gasteiger partial charge is 0.351 e. The Morgan fingerprint density at radius 2 is 1.91 bits per heavy atom. The fraction of sp³-hybridized carbons (Fsp3) is 0.296. The quantitative estimate of drug-likeness (QED) is 0.404. The first kappa shape index (κ1) is 22.8. The number of hydrogen-bond donors (Lipinski definition) is 2. The zero-order chi connectivity index (χ0) is 24.4. The number of nitrogens with one attached hydrogen (secondary N) is 1. The third kappa shape index (κ3) is 4.44. The zero-order valence-corrected chi connectivity index (χ0v) is 19.6. The third-order valence-electron chi connectivity index (χ3n) is 6.40. The zero-order valence-electron chi connectivity index (χ0n) is 19.6. The molecule has 1 fully saturated rings. The summed E-state index contributed by atoms with van der Waals surface area (Å²) in [7, 11) is 0. The van der Waals surface area contributed by atoms with E-state index in [1.165, 1.54) is 4.68 Å². The molecule has 1 aliphatic heterocycles. The van der Waals surface area contributed by atoms with Gasteiger partial charge in [0.15, 0.2) is 11.4 Å². The number of rotatable bonds is 7. The van der Waals surface area contributed by atoms with E-state index >= 15 is 0 Å². The summed E-state index contributed by atoms with van der Waals surface area (Å²) >= 11 is 0. The molecule has 0 bridgehead atoms. The summed E-state index contributed by atoms with van der Waals surface area (Å²) in [6.07, 6.45) is 1.04. The van der Waals surface area contributed by atoms with Gasteiger partial charge in [-0.1, -0.05) is 54.1 Å². The number of pyridine rings is 1. The number of benzene rings is 2. The first-order valence-corrected chi connectivity index (χ1v) is 11.7. The Bertz CT molecular complexity index is 1440. The second-order valence-electron chi connectivity index (χ2n) is 8.85. The van der Waals surface area contributed by atoms with Gasteiger partial charge in [-0.25, -0.2) is 18.7 Å². The van der Waals surface area contributed by atoms with Crippen molar-refractivity contribution in [2.75, 3.05) is 26.3 Å². The highest BCUT2D eigenvalue weighted by molar-refractivity contribution is 5.85. The lowest BCUT2D eigenvalue weighted by Gasteiger charge is -2.17. The van der Waals surface area contributed by atoms with Gasteiger partial charge in [0.1, 0.15) is 0 Å². The molecule has 2 N–H and O–H groups in total. The van der Waals surface area contributed by atoms with E-state index in [0.29, 0.717) is 35.3 Å². The largest absolute Gasteiger partial charge is 0.489 e. The minimum atomic E-state index is -0.336. The highest BCUT2D eigenvalue weighted by Gasteiger charge is 2.23. The van der Waals surface area contributed by atoms with Gasteiger partial charge < -0.3 is 15.2 Å². The Morgan fingerprint density at radius 1 is 1.17 bits per heavy atom. The van der Waals surface area contributed by atoms with Crippen molar-refractivity contribution >= 4 is 11.3 Å². The van der Waals surface area contributed by atoms with Gasteiger partial charge in [0, 0.05) is 18.0 Å². The molecule has 1 aliphatic rings. The lowest BCUT2D eigenvalue weighted by atomic mass is 9.98. The summed E-state index contributed by atoms with van der Waals surface area (Å²) in [5.41, 5.74) is 4.98. The Labute approximate surface area is 203 Å². The molecule has 1 saturated heterocycles. The normalized spacial score (nSPS) is 15.4.